The lowest BCUT2D eigenvalue weighted by atomic mass is 10.1. The summed E-state index contributed by atoms with van der Waals surface area (Å²) in [7, 11) is -4.61. The number of nitrogens with one attached hydrogen (secondary N) is 1. The first kappa shape index (κ1) is 23.0. The largest absolute Gasteiger partial charge is 0.441 e. The van der Waals surface area contributed by atoms with E-state index in [2.05, 4.69) is 4.98 Å². The Hall–Kier alpha value is -3.72. The van der Waals surface area contributed by atoms with Gasteiger partial charge in [-0.3, -0.25) is 4.79 Å². The molecule has 0 radical (unpaired) electrons. The van der Waals surface area contributed by atoms with Crippen LogP contribution in [-0.4, -0.2) is 19.3 Å². The molecule has 1 N–H and O–H groups in total. The van der Waals surface area contributed by atoms with Crippen LogP contribution in [-0.2, 0) is 27.4 Å². The summed E-state index contributed by atoms with van der Waals surface area (Å²) in [6, 6.07) is 8.52. The average molecular weight is 467 g/mol. The summed E-state index contributed by atoms with van der Waals surface area (Å²) in [6.45, 7) is 0. The van der Waals surface area contributed by atoms with Crippen molar-refractivity contribution in [2.45, 2.75) is 23.9 Å². The van der Waals surface area contributed by atoms with Crippen LogP contribution in [0.2, 0.25) is 0 Å². The predicted octanol–water partition coefficient (Wildman–Crippen LogP) is 3.81. The summed E-state index contributed by atoms with van der Waals surface area (Å²) in [5.41, 5.74) is -1.63. The third-order valence-electron chi connectivity index (χ3n) is 4.22. The third kappa shape index (κ3) is 5.30. The summed E-state index contributed by atoms with van der Waals surface area (Å²) < 4.78 is 83.8. The van der Waals surface area contributed by atoms with Crippen molar-refractivity contribution in [3.8, 4) is 17.4 Å². The molecule has 0 bridgehead atoms. The van der Waals surface area contributed by atoms with Gasteiger partial charge in [0.1, 0.15) is 5.82 Å². The van der Waals surface area contributed by atoms with Crippen LogP contribution in [0, 0.1) is 17.1 Å². The van der Waals surface area contributed by atoms with E-state index in [-0.39, 0.29) is 24.8 Å². The van der Waals surface area contributed by atoms with Crippen molar-refractivity contribution >= 4 is 15.9 Å². The van der Waals surface area contributed by atoms with Crippen LogP contribution >= 0.6 is 0 Å². The van der Waals surface area contributed by atoms with Crippen LogP contribution in [0.15, 0.2) is 58.0 Å². The van der Waals surface area contributed by atoms with Crippen molar-refractivity contribution in [2.24, 2.45) is 0 Å². The standard InChI is InChI=1S/C20H13F4N3O4S/c21-14-4-1-12(2-5-14)17-11-26-19(31-17)8-7-18(28)27-32(29,30)15-6-3-13(10-25)16(9-15)20(22,23)24/h1-6,9,11H,7-8H2,(H,27,28). The highest BCUT2D eigenvalue weighted by atomic mass is 32.2. The van der Waals surface area contributed by atoms with E-state index in [1.54, 1.807) is 4.72 Å². The van der Waals surface area contributed by atoms with Gasteiger partial charge in [0.25, 0.3) is 10.0 Å². The van der Waals surface area contributed by atoms with Crippen LogP contribution < -0.4 is 4.72 Å². The Balaban J connectivity index is 1.67. The monoisotopic (exact) mass is 467 g/mol. The van der Waals surface area contributed by atoms with E-state index in [1.165, 1.54) is 36.5 Å². The van der Waals surface area contributed by atoms with Crippen molar-refractivity contribution in [1.82, 2.24) is 9.71 Å². The van der Waals surface area contributed by atoms with Crippen LogP contribution in [0.25, 0.3) is 11.3 Å². The predicted molar refractivity (Wildman–Crippen MR) is 102 cm³/mol. The molecule has 0 saturated carbocycles. The van der Waals surface area contributed by atoms with E-state index in [9.17, 15) is 30.8 Å². The van der Waals surface area contributed by atoms with Gasteiger partial charge in [0.2, 0.25) is 5.91 Å². The fourth-order valence-corrected chi connectivity index (χ4v) is 3.72. The lowest BCUT2D eigenvalue weighted by Gasteiger charge is -2.11. The second-order valence-corrected chi connectivity index (χ2v) is 8.15. The zero-order chi connectivity index (χ0) is 23.5. The van der Waals surface area contributed by atoms with Gasteiger partial charge in [0, 0.05) is 18.4 Å². The normalized spacial score (nSPS) is 11.7. The molecule has 2 aromatic carbocycles. The number of halogens is 4. The molecule has 7 nitrogen and oxygen atoms in total. The van der Waals surface area contributed by atoms with E-state index >= 15 is 0 Å². The fourth-order valence-electron chi connectivity index (χ4n) is 2.68. The van der Waals surface area contributed by atoms with Gasteiger partial charge in [-0.25, -0.2) is 22.5 Å². The number of nitriles is 1. The van der Waals surface area contributed by atoms with Gasteiger partial charge >= 0.3 is 6.18 Å². The van der Waals surface area contributed by atoms with Crippen LogP contribution in [0.3, 0.4) is 0 Å². The number of sulfonamides is 1. The molecule has 1 heterocycles. The molecular weight excluding hydrogens is 454 g/mol. The Morgan fingerprint density at radius 2 is 1.84 bits per heavy atom. The minimum absolute atomic E-state index is 0.0935. The minimum Gasteiger partial charge on any atom is -0.441 e. The van der Waals surface area contributed by atoms with Crippen molar-refractivity contribution in [1.29, 1.82) is 5.26 Å². The maximum absolute atomic E-state index is 13.0. The Morgan fingerprint density at radius 3 is 2.47 bits per heavy atom. The second kappa shape index (κ2) is 8.80. The highest BCUT2D eigenvalue weighted by molar-refractivity contribution is 7.90. The summed E-state index contributed by atoms with van der Waals surface area (Å²) >= 11 is 0. The SMILES string of the molecule is N#Cc1ccc(S(=O)(=O)NC(=O)CCc2ncc(-c3ccc(F)cc3)o2)cc1C(F)(F)F. The van der Waals surface area contributed by atoms with E-state index < -0.39 is 43.9 Å². The number of nitrogens with zero attached hydrogens (tertiary/aromatic N) is 2. The van der Waals surface area contributed by atoms with Gasteiger partial charge in [-0.15, -0.1) is 0 Å². The van der Waals surface area contributed by atoms with Gasteiger partial charge in [0.05, 0.1) is 28.3 Å². The first-order valence-corrected chi connectivity index (χ1v) is 10.4. The number of aromatic nitrogens is 1. The number of hydrogen-bond acceptors (Lipinski definition) is 6. The molecule has 0 aliphatic heterocycles. The summed E-state index contributed by atoms with van der Waals surface area (Å²) in [5.74, 6) is -1.01. The molecule has 32 heavy (non-hydrogen) atoms. The van der Waals surface area contributed by atoms with Crippen LogP contribution in [0.1, 0.15) is 23.4 Å². The number of benzene rings is 2. The smallest absolute Gasteiger partial charge is 0.417 e. The van der Waals surface area contributed by atoms with Crippen molar-refractivity contribution < 1.29 is 35.2 Å². The third-order valence-corrected chi connectivity index (χ3v) is 5.59. The topological polar surface area (TPSA) is 113 Å². The maximum Gasteiger partial charge on any atom is 0.417 e. The van der Waals surface area contributed by atoms with Crippen molar-refractivity contribution in [3.05, 3.63) is 71.5 Å². The number of hydrogen-bond donors (Lipinski definition) is 1. The number of amides is 1. The number of alkyl halides is 3. The number of carbonyl (C=O) groups excluding carboxylic acids is 1. The number of oxazole rings is 1. The summed E-state index contributed by atoms with van der Waals surface area (Å²) in [4.78, 5) is 15.2. The number of rotatable bonds is 6. The fraction of sp³-hybridized carbons (Fsp3) is 0.150. The molecule has 166 valence electrons. The highest BCUT2D eigenvalue weighted by Crippen LogP contribution is 2.33. The van der Waals surface area contributed by atoms with Crippen LogP contribution in [0.4, 0.5) is 17.6 Å². The number of carbonyl (C=O) groups is 1. The zero-order valence-corrected chi connectivity index (χ0v) is 16.8. The summed E-state index contributed by atoms with van der Waals surface area (Å²) in [5, 5.41) is 8.79. The second-order valence-electron chi connectivity index (χ2n) is 6.47. The van der Waals surface area contributed by atoms with Gasteiger partial charge in [-0.1, -0.05) is 0 Å². The molecule has 0 aliphatic carbocycles. The lowest BCUT2D eigenvalue weighted by Crippen LogP contribution is -2.31. The van der Waals surface area contributed by atoms with Crippen LogP contribution in [0.5, 0.6) is 0 Å². The molecule has 0 saturated heterocycles. The van der Waals surface area contributed by atoms with Gasteiger partial charge in [-0.2, -0.15) is 18.4 Å². The van der Waals surface area contributed by atoms with E-state index in [0.717, 1.165) is 6.07 Å². The molecule has 12 heteroatoms. The maximum atomic E-state index is 13.0. The Morgan fingerprint density at radius 1 is 1.16 bits per heavy atom. The van der Waals surface area contributed by atoms with Gasteiger partial charge in [-0.05, 0) is 42.5 Å². The number of aryl methyl sites for hydroxylation is 1. The Labute approximate surface area is 179 Å². The Kier molecular flexibility index (Phi) is 6.31. The minimum atomic E-state index is -4.95. The van der Waals surface area contributed by atoms with Gasteiger partial charge in [0.15, 0.2) is 11.7 Å². The molecule has 0 fully saturated rings. The van der Waals surface area contributed by atoms with E-state index in [0.29, 0.717) is 17.4 Å². The zero-order valence-electron chi connectivity index (χ0n) is 16.0. The van der Waals surface area contributed by atoms with Crippen molar-refractivity contribution in [2.75, 3.05) is 0 Å². The molecule has 1 amide bonds. The highest BCUT2D eigenvalue weighted by Gasteiger charge is 2.35. The molecule has 0 aliphatic rings. The van der Waals surface area contributed by atoms with Gasteiger partial charge < -0.3 is 4.42 Å². The molecule has 3 aromatic rings. The first-order chi connectivity index (χ1) is 15.0. The molecule has 0 spiro atoms. The molecule has 3 rings (SSSR count). The molecule has 1 aromatic heterocycles. The van der Waals surface area contributed by atoms with E-state index in [4.69, 9.17) is 9.68 Å². The van der Waals surface area contributed by atoms with E-state index in [1.807, 2.05) is 0 Å². The quantitative estimate of drug-likeness (QED) is 0.552. The van der Waals surface area contributed by atoms with Crippen molar-refractivity contribution in [3.63, 3.8) is 0 Å². The Bertz CT molecular complexity index is 1290. The summed E-state index contributed by atoms with van der Waals surface area (Å²) in [6.07, 6.45) is -4.07. The molecule has 0 unspecified atom stereocenters. The lowest BCUT2D eigenvalue weighted by molar-refractivity contribution is -0.137. The first-order valence-electron chi connectivity index (χ1n) is 8.87. The molecule has 0 atom stereocenters. The molecular formula is C20H13F4N3O4S. The average Bonchev–Trinajstić information content (AvgIpc) is 3.20.